The number of carboxylic acids is 1. The molecule has 4 heteroatoms. The van der Waals surface area contributed by atoms with Crippen LogP contribution in [0.2, 0.25) is 0 Å². The molecule has 2 N–H and O–H groups in total. The van der Waals surface area contributed by atoms with Crippen molar-refractivity contribution in [2.75, 3.05) is 0 Å². The summed E-state index contributed by atoms with van der Waals surface area (Å²) in [7, 11) is 0. The molecule has 0 saturated heterocycles. The Morgan fingerprint density at radius 1 is 2.00 bits per heavy atom. The van der Waals surface area contributed by atoms with E-state index in [1.807, 2.05) is 0 Å². The highest BCUT2D eigenvalue weighted by Crippen LogP contribution is 1.89. The van der Waals surface area contributed by atoms with Crippen molar-refractivity contribution in [1.29, 1.82) is 0 Å². The van der Waals surface area contributed by atoms with Gasteiger partial charge in [0.05, 0.1) is 0 Å². The predicted octanol–water partition coefficient (Wildman–Crippen LogP) is 0.284. The van der Waals surface area contributed by atoms with Crippen molar-refractivity contribution < 1.29 is 9.90 Å². The SMILES string of the molecule is CCC(NS)C(=O)O. The van der Waals surface area contributed by atoms with Crippen molar-refractivity contribution in [3.05, 3.63) is 0 Å². The molecule has 0 spiro atoms. The van der Waals surface area contributed by atoms with Crippen molar-refractivity contribution in [3.63, 3.8) is 0 Å². The second-order valence-corrected chi connectivity index (χ2v) is 1.69. The fourth-order valence-electron chi connectivity index (χ4n) is 0.321. The molecule has 0 radical (unpaired) electrons. The smallest absolute Gasteiger partial charge is 0.321 e. The molecule has 0 heterocycles. The summed E-state index contributed by atoms with van der Waals surface area (Å²) >= 11 is 3.60. The molecule has 1 unspecified atom stereocenters. The summed E-state index contributed by atoms with van der Waals surface area (Å²) in [6.07, 6.45) is 0.554. The Morgan fingerprint density at radius 3 is 2.50 bits per heavy atom. The zero-order chi connectivity index (χ0) is 6.57. The Hall–Kier alpha value is -0.220. The summed E-state index contributed by atoms with van der Waals surface area (Å²) in [6, 6.07) is -0.515. The van der Waals surface area contributed by atoms with Gasteiger partial charge in [0.1, 0.15) is 6.04 Å². The first-order valence-electron chi connectivity index (χ1n) is 2.34. The number of hydrogen-bond donors (Lipinski definition) is 3. The minimum atomic E-state index is -0.859. The molecule has 1 atom stereocenters. The lowest BCUT2D eigenvalue weighted by Gasteiger charge is -2.04. The molecule has 0 saturated carbocycles. The third-order valence-corrected chi connectivity index (χ3v) is 1.17. The quantitative estimate of drug-likeness (QED) is 0.487. The average molecular weight is 135 g/mol. The van der Waals surface area contributed by atoms with Gasteiger partial charge in [-0.25, -0.2) is 0 Å². The first-order chi connectivity index (χ1) is 3.72. The molecule has 0 aliphatic rings. The van der Waals surface area contributed by atoms with E-state index in [9.17, 15) is 4.79 Å². The van der Waals surface area contributed by atoms with Gasteiger partial charge in [0.2, 0.25) is 0 Å². The van der Waals surface area contributed by atoms with Crippen LogP contribution in [0.5, 0.6) is 0 Å². The van der Waals surface area contributed by atoms with E-state index in [0.29, 0.717) is 6.42 Å². The number of hydrogen-bond acceptors (Lipinski definition) is 3. The van der Waals surface area contributed by atoms with Crippen LogP contribution >= 0.6 is 12.8 Å². The molecule has 48 valence electrons. The number of carbonyl (C=O) groups is 1. The van der Waals surface area contributed by atoms with Crippen LogP contribution in [0, 0.1) is 0 Å². The van der Waals surface area contributed by atoms with Crippen LogP contribution in [0.1, 0.15) is 13.3 Å². The number of nitrogens with one attached hydrogen (secondary N) is 1. The fourth-order valence-corrected chi connectivity index (χ4v) is 0.614. The number of thiol groups is 1. The third-order valence-electron chi connectivity index (χ3n) is 0.862. The van der Waals surface area contributed by atoms with E-state index >= 15 is 0 Å². The lowest BCUT2D eigenvalue weighted by molar-refractivity contribution is -0.138. The van der Waals surface area contributed by atoms with Gasteiger partial charge in [0.25, 0.3) is 0 Å². The second kappa shape index (κ2) is 3.74. The van der Waals surface area contributed by atoms with E-state index in [-0.39, 0.29) is 0 Å². The monoisotopic (exact) mass is 135 g/mol. The van der Waals surface area contributed by atoms with Crippen LogP contribution in [0.25, 0.3) is 0 Å². The average Bonchev–Trinajstić information content (AvgIpc) is 1.69. The standard InChI is InChI=1S/C4H9NO2S/c1-2-3(5-8)4(6)7/h3,5,8H,2H2,1H3,(H,6,7). The highest BCUT2D eigenvalue weighted by Gasteiger charge is 2.10. The molecule has 3 nitrogen and oxygen atoms in total. The van der Waals surface area contributed by atoms with E-state index < -0.39 is 12.0 Å². The van der Waals surface area contributed by atoms with Crippen molar-refractivity contribution in [2.45, 2.75) is 19.4 Å². The van der Waals surface area contributed by atoms with Crippen LogP contribution in [-0.4, -0.2) is 17.1 Å². The molecule has 0 aromatic rings. The van der Waals surface area contributed by atoms with Crippen molar-refractivity contribution in [1.82, 2.24) is 4.72 Å². The van der Waals surface area contributed by atoms with Gasteiger partial charge in [-0.2, -0.15) is 0 Å². The van der Waals surface area contributed by atoms with Crippen molar-refractivity contribution in [2.24, 2.45) is 0 Å². The Bertz CT molecular complexity index is 82.1. The lowest BCUT2D eigenvalue weighted by Crippen LogP contribution is -2.29. The topological polar surface area (TPSA) is 49.3 Å². The minimum absolute atomic E-state index is 0.515. The molecule has 0 amide bonds. The normalized spacial score (nSPS) is 13.2. The molecular formula is C4H9NO2S. The molecular weight excluding hydrogens is 126 g/mol. The van der Waals surface area contributed by atoms with Gasteiger partial charge in [0.15, 0.2) is 0 Å². The first kappa shape index (κ1) is 7.78. The summed E-state index contributed by atoms with van der Waals surface area (Å²) in [4.78, 5) is 10.1. The largest absolute Gasteiger partial charge is 0.480 e. The van der Waals surface area contributed by atoms with Gasteiger partial charge >= 0.3 is 5.97 Å². The Kier molecular flexibility index (Phi) is 3.64. The maximum absolute atomic E-state index is 10.1. The predicted molar refractivity (Wildman–Crippen MR) is 33.8 cm³/mol. The number of aliphatic carboxylic acids is 1. The summed E-state index contributed by atoms with van der Waals surface area (Å²) in [5.41, 5.74) is 0. The van der Waals surface area contributed by atoms with Crippen LogP contribution in [-0.2, 0) is 4.79 Å². The van der Waals surface area contributed by atoms with Crippen LogP contribution in [0.15, 0.2) is 0 Å². The Morgan fingerprint density at radius 2 is 2.50 bits per heavy atom. The highest BCUT2D eigenvalue weighted by molar-refractivity contribution is 7.78. The fraction of sp³-hybridized carbons (Fsp3) is 0.750. The second-order valence-electron chi connectivity index (χ2n) is 1.43. The molecule has 8 heavy (non-hydrogen) atoms. The highest BCUT2D eigenvalue weighted by atomic mass is 32.1. The van der Waals surface area contributed by atoms with Crippen molar-refractivity contribution in [3.8, 4) is 0 Å². The molecule has 0 aliphatic heterocycles. The Labute approximate surface area is 53.6 Å². The maximum atomic E-state index is 10.1. The maximum Gasteiger partial charge on any atom is 0.321 e. The van der Waals surface area contributed by atoms with Crippen molar-refractivity contribution >= 4 is 18.8 Å². The van der Waals surface area contributed by atoms with Gasteiger partial charge in [-0.15, -0.1) is 0 Å². The van der Waals surface area contributed by atoms with E-state index in [2.05, 4.69) is 17.5 Å². The van der Waals surface area contributed by atoms with Crippen LogP contribution in [0.4, 0.5) is 0 Å². The third kappa shape index (κ3) is 2.18. The minimum Gasteiger partial charge on any atom is -0.480 e. The van der Waals surface area contributed by atoms with Crippen LogP contribution < -0.4 is 4.72 Å². The van der Waals surface area contributed by atoms with Gasteiger partial charge in [0, 0.05) is 0 Å². The molecule has 0 bridgehead atoms. The lowest BCUT2D eigenvalue weighted by atomic mass is 10.2. The molecule has 0 fully saturated rings. The Balaban J connectivity index is 3.52. The van der Waals surface area contributed by atoms with E-state index in [1.54, 1.807) is 6.92 Å². The zero-order valence-corrected chi connectivity index (χ0v) is 5.48. The van der Waals surface area contributed by atoms with Gasteiger partial charge in [-0.1, -0.05) is 19.7 Å². The first-order valence-corrected chi connectivity index (χ1v) is 2.79. The van der Waals surface area contributed by atoms with E-state index in [4.69, 9.17) is 5.11 Å². The molecule has 0 aromatic heterocycles. The molecule has 0 aliphatic carbocycles. The van der Waals surface area contributed by atoms with Gasteiger partial charge in [-0.3, -0.25) is 9.52 Å². The molecule has 0 rings (SSSR count). The zero-order valence-electron chi connectivity index (χ0n) is 4.59. The van der Waals surface area contributed by atoms with E-state index in [1.165, 1.54) is 0 Å². The van der Waals surface area contributed by atoms with E-state index in [0.717, 1.165) is 0 Å². The summed E-state index contributed by atoms with van der Waals surface area (Å²) in [5, 5.41) is 8.26. The van der Waals surface area contributed by atoms with Crippen LogP contribution in [0.3, 0.4) is 0 Å². The van der Waals surface area contributed by atoms with Gasteiger partial charge in [-0.05, 0) is 6.42 Å². The van der Waals surface area contributed by atoms with Gasteiger partial charge < -0.3 is 5.11 Å². The summed E-state index contributed by atoms with van der Waals surface area (Å²) < 4.78 is 2.35. The number of carboxylic acid groups (broad SMARTS) is 1. The molecule has 0 aromatic carbocycles. The number of rotatable bonds is 3. The summed E-state index contributed by atoms with van der Waals surface area (Å²) in [6.45, 7) is 1.78. The summed E-state index contributed by atoms with van der Waals surface area (Å²) in [5.74, 6) is -0.859.